The Hall–Kier alpha value is -4.08. The largest absolute Gasteiger partial charge is 0.465 e. The summed E-state index contributed by atoms with van der Waals surface area (Å²) in [6.07, 6.45) is 0. The minimum atomic E-state index is -0.394. The quantitative estimate of drug-likeness (QED) is 0.475. The number of anilines is 1. The monoisotopic (exact) mass is 453 g/mol. The number of amides is 2. The van der Waals surface area contributed by atoms with Gasteiger partial charge in [0, 0.05) is 49.5 Å². The molecule has 0 atom stereocenters. The molecule has 0 saturated carbocycles. The van der Waals surface area contributed by atoms with Gasteiger partial charge in [-0.2, -0.15) is 0 Å². The number of urea groups is 1. The first kappa shape index (κ1) is 23.1. The highest BCUT2D eigenvalue weighted by atomic mass is 16.5. The molecule has 6 heteroatoms. The van der Waals surface area contributed by atoms with Crippen LogP contribution in [0.25, 0.3) is 0 Å². The number of rotatable bonds is 4. The molecule has 34 heavy (non-hydrogen) atoms. The minimum absolute atomic E-state index is 0.102. The number of hydrogen-bond donors (Lipinski definition) is 1. The van der Waals surface area contributed by atoms with Crippen LogP contribution in [0.1, 0.15) is 27.0 Å². The van der Waals surface area contributed by atoms with Crippen molar-refractivity contribution in [1.82, 2.24) is 9.80 Å². The molecule has 2 amide bonds. The van der Waals surface area contributed by atoms with E-state index in [0.717, 1.165) is 25.2 Å². The van der Waals surface area contributed by atoms with Gasteiger partial charge in [0.1, 0.15) is 0 Å². The molecule has 6 nitrogen and oxygen atoms in total. The molecule has 1 aliphatic rings. The van der Waals surface area contributed by atoms with Gasteiger partial charge in [0.05, 0.1) is 12.7 Å². The lowest BCUT2D eigenvalue weighted by Gasteiger charge is -2.34. The molecule has 0 unspecified atom stereocenters. The maximum Gasteiger partial charge on any atom is 0.337 e. The van der Waals surface area contributed by atoms with Crippen LogP contribution in [0, 0.1) is 11.8 Å². The van der Waals surface area contributed by atoms with Crippen LogP contribution in [-0.2, 0) is 11.3 Å². The number of carbonyl (C=O) groups excluding carboxylic acids is 2. The molecule has 0 aromatic heterocycles. The van der Waals surface area contributed by atoms with E-state index in [1.165, 1.54) is 12.7 Å². The van der Waals surface area contributed by atoms with Crippen molar-refractivity contribution < 1.29 is 14.3 Å². The molecule has 172 valence electrons. The standard InChI is InChI=1S/C28H27N3O3/c1-34-27(32)25-11-5-9-22(19-25)13-14-23-10-6-12-26(20-23)29-28(33)31-17-15-30(16-18-31)21-24-7-3-2-4-8-24/h2-12,19-20H,15-18,21H2,1H3,(H,29,33). The minimum Gasteiger partial charge on any atom is -0.465 e. The fraction of sp³-hybridized carbons (Fsp3) is 0.214. The summed E-state index contributed by atoms with van der Waals surface area (Å²) in [5.74, 6) is 5.76. The normalized spacial score (nSPS) is 13.5. The van der Waals surface area contributed by atoms with Crippen LogP contribution >= 0.6 is 0 Å². The molecule has 0 spiro atoms. The molecule has 3 aromatic rings. The predicted octanol–water partition coefficient (Wildman–Crippen LogP) is 4.22. The van der Waals surface area contributed by atoms with E-state index >= 15 is 0 Å². The summed E-state index contributed by atoms with van der Waals surface area (Å²) in [6.45, 7) is 3.97. The number of ether oxygens (including phenoxy) is 1. The average Bonchev–Trinajstić information content (AvgIpc) is 2.88. The molecular weight excluding hydrogens is 426 g/mol. The van der Waals surface area contributed by atoms with Gasteiger partial charge in [0.25, 0.3) is 0 Å². The Kier molecular flexibility index (Phi) is 7.59. The highest BCUT2D eigenvalue weighted by Gasteiger charge is 2.21. The molecule has 0 radical (unpaired) electrons. The Bertz CT molecular complexity index is 1210. The summed E-state index contributed by atoms with van der Waals surface area (Å²) in [5, 5.41) is 2.99. The zero-order valence-electron chi connectivity index (χ0n) is 19.2. The van der Waals surface area contributed by atoms with Crippen molar-refractivity contribution in [2.24, 2.45) is 0 Å². The van der Waals surface area contributed by atoms with Crippen LogP contribution in [0.15, 0.2) is 78.9 Å². The molecule has 1 saturated heterocycles. The van der Waals surface area contributed by atoms with Crippen molar-refractivity contribution in [2.75, 3.05) is 38.6 Å². The van der Waals surface area contributed by atoms with Crippen LogP contribution in [0.4, 0.5) is 10.5 Å². The maximum absolute atomic E-state index is 12.8. The number of benzene rings is 3. The average molecular weight is 454 g/mol. The van der Waals surface area contributed by atoms with Gasteiger partial charge >= 0.3 is 12.0 Å². The third kappa shape index (κ3) is 6.25. The van der Waals surface area contributed by atoms with Crippen molar-refractivity contribution in [3.8, 4) is 11.8 Å². The first-order chi connectivity index (χ1) is 16.6. The summed E-state index contributed by atoms with van der Waals surface area (Å²) in [6, 6.07) is 24.7. The molecule has 1 heterocycles. The first-order valence-electron chi connectivity index (χ1n) is 11.2. The first-order valence-corrected chi connectivity index (χ1v) is 11.2. The van der Waals surface area contributed by atoms with E-state index in [1.807, 2.05) is 41.3 Å². The summed E-state index contributed by atoms with van der Waals surface area (Å²) < 4.78 is 4.76. The summed E-state index contributed by atoms with van der Waals surface area (Å²) in [5.41, 5.74) is 3.93. The highest BCUT2D eigenvalue weighted by Crippen LogP contribution is 2.14. The number of nitrogens with one attached hydrogen (secondary N) is 1. The van der Waals surface area contributed by atoms with Gasteiger partial charge in [-0.05, 0) is 42.0 Å². The summed E-state index contributed by atoms with van der Waals surface area (Å²) in [7, 11) is 1.35. The number of carbonyl (C=O) groups is 2. The van der Waals surface area contributed by atoms with Crippen LogP contribution in [-0.4, -0.2) is 55.1 Å². The Labute approximate surface area is 200 Å². The molecule has 1 N–H and O–H groups in total. The van der Waals surface area contributed by atoms with Crippen molar-refractivity contribution in [1.29, 1.82) is 0 Å². The Morgan fingerprint density at radius 1 is 0.853 bits per heavy atom. The Morgan fingerprint density at radius 2 is 1.53 bits per heavy atom. The summed E-state index contributed by atoms with van der Waals surface area (Å²) in [4.78, 5) is 28.7. The van der Waals surface area contributed by atoms with E-state index in [9.17, 15) is 9.59 Å². The fourth-order valence-electron chi connectivity index (χ4n) is 3.81. The van der Waals surface area contributed by atoms with E-state index < -0.39 is 5.97 Å². The van der Waals surface area contributed by atoms with Crippen LogP contribution < -0.4 is 5.32 Å². The van der Waals surface area contributed by atoms with Crippen molar-refractivity contribution in [2.45, 2.75) is 6.54 Å². The van der Waals surface area contributed by atoms with Crippen molar-refractivity contribution in [3.63, 3.8) is 0 Å². The van der Waals surface area contributed by atoms with E-state index in [4.69, 9.17) is 4.74 Å². The van der Waals surface area contributed by atoms with Gasteiger partial charge < -0.3 is 15.0 Å². The van der Waals surface area contributed by atoms with Crippen LogP contribution in [0.3, 0.4) is 0 Å². The molecule has 1 fully saturated rings. The molecule has 0 bridgehead atoms. The Balaban J connectivity index is 1.33. The lowest BCUT2D eigenvalue weighted by Crippen LogP contribution is -2.49. The third-order valence-electron chi connectivity index (χ3n) is 5.66. The molecular formula is C28H27N3O3. The van der Waals surface area contributed by atoms with Gasteiger partial charge in [-0.15, -0.1) is 0 Å². The third-order valence-corrected chi connectivity index (χ3v) is 5.66. The zero-order chi connectivity index (χ0) is 23.8. The molecule has 0 aliphatic carbocycles. The Morgan fingerprint density at radius 3 is 2.24 bits per heavy atom. The topological polar surface area (TPSA) is 61.9 Å². The molecule has 3 aromatic carbocycles. The van der Waals surface area contributed by atoms with E-state index in [0.29, 0.717) is 29.9 Å². The van der Waals surface area contributed by atoms with Crippen LogP contribution in [0.2, 0.25) is 0 Å². The van der Waals surface area contributed by atoms with Crippen molar-refractivity contribution in [3.05, 3.63) is 101 Å². The zero-order valence-corrected chi connectivity index (χ0v) is 19.2. The molecule has 1 aliphatic heterocycles. The van der Waals surface area contributed by atoms with Crippen molar-refractivity contribution >= 4 is 17.7 Å². The number of methoxy groups -OCH3 is 1. The second-order valence-electron chi connectivity index (χ2n) is 8.08. The second kappa shape index (κ2) is 11.2. The second-order valence-corrected chi connectivity index (χ2v) is 8.08. The highest BCUT2D eigenvalue weighted by molar-refractivity contribution is 5.90. The predicted molar refractivity (Wildman–Crippen MR) is 133 cm³/mol. The fourth-order valence-corrected chi connectivity index (χ4v) is 3.81. The van der Waals surface area contributed by atoms with Crippen LogP contribution in [0.5, 0.6) is 0 Å². The van der Waals surface area contributed by atoms with Gasteiger partial charge in [-0.1, -0.05) is 54.3 Å². The lowest BCUT2D eigenvalue weighted by atomic mass is 10.1. The lowest BCUT2D eigenvalue weighted by molar-refractivity contribution is 0.0600. The van der Waals surface area contributed by atoms with Gasteiger partial charge in [-0.3, -0.25) is 4.90 Å². The van der Waals surface area contributed by atoms with Gasteiger partial charge in [0.2, 0.25) is 0 Å². The summed E-state index contributed by atoms with van der Waals surface area (Å²) >= 11 is 0. The number of nitrogens with zero attached hydrogens (tertiary/aromatic N) is 2. The maximum atomic E-state index is 12.8. The number of hydrogen-bond acceptors (Lipinski definition) is 4. The van der Waals surface area contributed by atoms with Gasteiger partial charge in [-0.25, -0.2) is 9.59 Å². The van der Waals surface area contributed by atoms with E-state index in [1.54, 1.807) is 18.2 Å². The number of esters is 1. The van der Waals surface area contributed by atoms with E-state index in [2.05, 4.69) is 46.3 Å². The van der Waals surface area contributed by atoms with Gasteiger partial charge in [0.15, 0.2) is 0 Å². The smallest absolute Gasteiger partial charge is 0.337 e. The SMILES string of the molecule is COC(=O)c1cccc(C#Cc2cccc(NC(=O)N3CCN(Cc4ccccc4)CC3)c2)c1. The van der Waals surface area contributed by atoms with E-state index in [-0.39, 0.29) is 6.03 Å². The number of piperazine rings is 1. The molecule has 4 rings (SSSR count).